The van der Waals surface area contributed by atoms with Gasteiger partial charge in [0.15, 0.2) is 11.5 Å². The second kappa shape index (κ2) is 8.50. The van der Waals surface area contributed by atoms with Crippen molar-refractivity contribution in [3.8, 4) is 17.6 Å². The van der Waals surface area contributed by atoms with E-state index in [0.717, 1.165) is 55.6 Å². The number of amides is 1. The van der Waals surface area contributed by atoms with Crippen LogP contribution in [0, 0.1) is 23.7 Å². The maximum absolute atomic E-state index is 12.8. The summed E-state index contributed by atoms with van der Waals surface area (Å²) in [5.41, 5.74) is 8.21. The van der Waals surface area contributed by atoms with Crippen LogP contribution in [0.15, 0.2) is 30.6 Å². The van der Waals surface area contributed by atoms with E-state index in [0.29, 0.717) is 23.1 Å². The van der Waals surface area contributed by atoms with Crippen LogP contribution in [-0.2, 0) is 4.79 Å². The van der Waals surface area contributed by atoms with Gasteiger partial charge in [0.2, 0.25) is 11.7 Å². The second-order valence-corrected chi connectivity index (χ2v) is 8.53. The number of nitrogens with zero attached hydrogens (tertiary/aromatic N) is 4. The van der Waals surface area contributed by atoms with Crippen molar-refractivity contribution in [3.05, 3.63) is 36.4 Å². The van der Waals surface area contributed by atoms with Crippen molar-refractivity contribution in [1.82, 2.24) is 19.5 Å². The van der Waals surface area contributed by atoms with Crippen LogP contribution in [-0.4, -0.2) is 32.5 Å². The molecule has 0 saturated heterocycles. The molecule has 32 heavy (non-hydrogen) atoms. The van der Waals surface area contributed by atoms with Crippen LogP contribution in [0.4, 0.5) is 11.5 Å². The number of nitrogens with two attached hydrogens (primary N) is 1. The molecular weight excluding hydrogens is 404 g/mol. The Hall–Kier alpha value is -3.60. The molecule has 0 aliphatic heterocycles. The van der Waals surface area contributed by atoms with Gasteiger partial charge in [-0.25, -0.2) is 15.0 Å². The monoisotopic (exact) mass is 430 g/mol. The zero-order valence-electron chi connectivity index (χ0n) is 18.0. The maximum Gasteiger partial charge on any atom is 0.227 e. The lowest BCUT2D eigenvalue weighted by atomic mass is 9.85. The number of carbonyl (C=O) groups is 1. The summed E-state index contributed by atoms with van der Waals surface area (Å²) in [6, 6.07) is 7.65. The van der Waals surface area contributed by atoms with Crippen molar-refractivity contribution in [3.63, 3.8) is 0 Å². The lowest BCUT2D eigenvalue weighted by Gasteiger charge is -2.28. The van der Waals surface area contributed by atoms with Crippen molar-refractivity contribution in [2.75, 3.05) is 18.2 Å². The summed E-state index contributed by atoms with van der Waals surface area (Å²) in [6.45, 7) is 0. The van der Waals surface area contributed by atoms with E-state index in [1.807, 2.05) is 24.3 Å². The zero-order valence-corrected chi connectivity index (χ0v) is 18.0. The minimum atomic E-state index is -0.0214. The van der Waals surface area contributed by atoms with E-state index in [-0.39, 0.29) is 17.9 Å². The molecule has 0 unspecified atom stereocenters. The molecule has 2 aliphatic rings. The fraction of sp³-hybridized carbons (Fsp3) is 0.417. The van der Waals surface area contributed by atoms with Gasteiger partial charge in [-0.3, -0.25) is 4.79 Å². The number of fused-ring (bicyclic) bond motifs is 1. The van der Waals surface area contributed by atoms with Gasteiger partial charge in [0.1, 0.15) is 11.3 Å². The number of aromatic nitrogens is 4. The van der Waals surface area contributed by atoms with Gasteiger partial charge < -0.3 is 20.4 Å². The first-order valence-corrected chi connectivity index (χ1v) is 11.1. The lowest BCUT2D eigenvalue weighted by Crippen LogP contribution is -2.28. The molecule has 8 nitrogen and oxygen atoms in total. The molecule has 2 aromatic heterocycles. The van der Waals surface area contributed by atoms with E-state index in [4.69, 9.17) is 10.5 Å². The number of rotatable bonds is 4. The SMILES string of the molecule is COc1cccc(NC(=O)[C@H]2CC[C@@H](n3cnc4c(N)nc(C#CC5CC5)nc43)CC2)c1. The van der Waals surface area contributed by atoms with E-state index in [1.165, 1.54) is 0 Å². The molecule has 2 heterocycles. The number of benzene rings is 1. The highest BCUT2D eigenvalue weighted by molar-refractivity contribution is 5.92. The van der Waals surface area contributed by atoms with Crippen LogP contribution in [0.25, 0.3) is 11.2 Å². The summed E-state index contributed by atoms with van der Waals surface area (Å²) >= 11 is 0. The number of hydrogen-bond donors (Lipinski definition) is 2. The Morgan fingerprint density at radius 2 is 2.00 bits per heavy atom. The highest BCUT2D eigenvalue weighted by atomic mass is 16.5. The van der Waals surface area contributed by atoms with E-state index in [9.17, 15) is 4.79 Å². The number of methoxy groups -OCH3 is 1. The quantitative estimate of drug-likeness (QED) is 0.613. The third-order valence-corrected chi connectivity index (χ3v) is 6.21. The number of imidazole rings is 1. The summed E-state index contributed by atoms with van der Waals surface area (Å²) in [6.07, 6.45) is 7.43. The minimum absolute atomic E-state index is 0.0214. The highest BCUT2D eigenvalue weighted by Gasteiger charge is 2.28. The van der Waals surface area contributed by atoms with Crippen LogP contribution < -0.4 is 15.8 Å². The normalized spacial score (nSPS) is 20.4. The first kappa shape index (κ1) is 20.3. The number of ether oxygens (including phenoxy) is 1. The number of nitrogen functional groups attached to an aromatic ring is 1. The van der Waals surface area contributed by atoms with Crippen LogP contribution in [0.2, 0.25) is 0 Å². The fourth-order valence-corrected chi connectivity index (χ4v) is 4.22. The predicted molar refractivity (Wildman–Crippen MR) is 122 cm³/mol. The molecule has 2 saturated carbocycles. The smallest absolute Gasteiger partial charge is 0.227 e. The van der Waals surface area contributed by atoms with Crippen molar-refractivity contribution in [1.29, 1.82) is 0 Å². The third kappa shape index (κ3) is 4.24. The summed E-state index contributed by atoms with van der Waals surface area (Å²) in [5.74, 6) is 8.29. The number of nitrogens with one attached hydrogen (secondary N) is 1. The first-order valence-electron chi connectivity index (χ1n) is 11.1. The Morgan fingerprint density at radius 1 is 1.19 bits per heavy atom. The largest absolute Gasteiger partial charge is 0.497 e. The Bertz CT molecular complexity index is 1210. The molecule has 0 bridgehead atoms. The molecule has 3 aromatic rings. The molecule has 1 aromatic carbocycles. The van der Waals surface area contributed by atoms with Gasteiger partial charge in [0, 0.05) is 29.6 Å². The molecule has 8 heteroatoms. The van der Waals surface area contributed by atoms with Gasteiger partial charge in [0.25, 0.3) is 0 Å². The molecule has 0 radical (unpaired) electrons. The van der Waals surface area contributed by atoms with Crippen molar-refractivity contribution in [2.24, 2.45) is 11.8 Å². The van der Waals surface area contributed by atoms with Crippen molar-refractivity contribution < 1.29 is 9.53 Å². The first-order chi connectivity index (χ1) is 15.6. The molecule has 2 fully saturated rings. The third-order valence-electron chi connectivity index (χ3n) is 6.21. The van der Waals surface area contributed by atoms with Crippen molar-refractivity contribution in [2.45, 2.75) is 44.6 Å². The van der Waals surface area contributed by atoms with Gasteiger partial charge in [-0.1, -0.05) is 12.0 Å². The van der Waals surface area contributed by atoms with Crippen LogP contribution >= 0.6 is 0 Å². The molecule has 2 aliphatic carbocycles. The van der Waals surface area contributed by atoms with Crippen LogP contribution in [0.5, 0.6) is 5.75 Å². The molecule has 5 rings (SSSR count). The summed E-state index contributed by atoms with van der Waals surface area (Å²) in [5, 5.41) is 3.02. The van der Waals surface area contributed by atoms with Gasteiger partial charge in [-0.05, 0) is 56.6 Å². The topological polar surface area (TPSA) is 108 Å². The van der Waals surface area contributed by atoms with Gasteiger partial charge in [-0.2, -0.15) is 0 Å². The van der Waals surface area contributed by atoms with E-state index >= 15 is 0 Å². The highest BCUT2D eigenvalue weighted by Crippen LogP contribution is 2.35. The number of hydrogen-bond acceptors (Lipinski definition) is 6. The minimum Gasteiger partial charge on any atom is -0.497 e. The Kier molecular flexibility index (Phi) is 5.39. The fourth-order valence-electron chi connectivity index (χ4n) is 4.22. The van der Waals surface area contributed by atoms with E-state index in [1.54, 1.807) is 13.4 Å². The molecule has 0 spiro atoms. The van der Waals surface area contributed by atoms with E-state index < -0.39 is 0 Å². The van der Waals surface area contributed by atoms with Crippen molar-refractivity contribution >= 4 is 28.6 Å². The Balaban J connectivity index is 1.27. The number of anilines is 2. The average Bonchev–Trinajstić information content (AvgIpc) is 3.55. The standard InChI is InChI=1S/C24H26N6O2/c1-32-19-4-2-3-17(13-19)27-24(31)16-8-10-18(11-9-16)30-14-26-21-22(25)28-20(29-23(21)30)12-7-15-5-6-15/h2-4,13-16,18H,5-6,8-11H2,1H3,(H,27,31)(H2,25,28,29)/t16-,18+. The van der Waals surface area contributed by atoms with Crippen LogP contribution in [0.1, 0.15) is 50.4 Å². The summed E-state index contributed by atoms with van der Waals surface area (Å²) in [7, 11) is 1.61. The molecule has 0 atom stereocenters. The molecular formula is C24H26N6O2. The number of carbonyl (C=O) groups excluding carboxylic acids is 1. The Labute approximate surface area is 186 Å². The maximum atomic E-state index is 12.8. The molecule has 1 amide bonds. The molecule has 3 N–H and O–H groups in total. The van der Waals surface area contributed by atoms with Crippen LogP contribution in [0.3, 0.4) is 0 Å². The second-order valence-electron chi connectivity index (χ2n) is 8.53. The van der Waals surface area contributed by atoms with Gasteiger partial charge in [-0.15, -0.1) is 0 Å². The van der Waals surface area contributed by atoms with Gasteiger partial charge in [0.05, 0.1) is 13.4 Å². The average molecular weight is 431 g/mol. The summed E-state index contributed by atoms with van der Waals surface area (Å²) < 4.78 is 7.31. The zero-order chi connectivity index (χ0) is 22.1. The van der Waals surface area contributed by atoms with Gasteiger partial charge >= 0.3 is 0 Å². The van der Waals surface area contributed by atoms with E-state index in [2.05, 4.69) is 36.7 Å². The lowest BCUT2D eigenvalue weighted by molar-refractivity contribution is -0.120. The Morgan fingerprint density at radius 3 is 2.75 bits per heavy atom. The molecule has 164 valence electrons. The predicted octanol–water partition coefficient (Wildman–Crippen LogP) is 3.55. The summed E-state index contributed by atoms with van der Waals surface area (Å²) in [4.78, 5) is 26.2.